The molecule has 0 radical (unpaired) electrons. The first-order chi connectivity index (χ1) is 8.88. The largest absolute Gasteiger partial charge is 0.494 e. The second-order valence-electron chi connectivity index (χ2n) is 5.09. The highest BCUT2D eigenvalue weighted by Gasteiger charge is 2.19. The van der Waals surface area contributed by atoms with Gasteiger partial charge in [-0.05, 0) is 37.5 Å². The second-order valence-corrected chi connectivity index (χ2v) is 5.09. The van der Waals surface area contributed by atoms with Crippen molar-refractivity contribution in [2.75, 3.05) is 7.11 Å². The fourth-order valence-corrected chi connectivity index (χ4v) is 1.82. The van der Waals surface area contributed by atoms with Gasteiger partial charge in [-0.25, -0.2) is 4.39 Å². The van der Waals surface area contributed by atoms with E-state index in [1.54, 1.807) is 13.0 Å². The van der Waals surface area contributed by atoms with E-state index in [-0.39, 0.29) is 5.75 Å². The van der Waals surface area contributed by atoms with Gasteiger partial charge < -0.3 is 9.84 Å². The van der Waals surface area contributed by atoms with Crippen LogP contribution in [-0.2, 0) is 0 Å². The van der Waals surface area contributed by atoms with Crippen molar-refractivity contribution in [3.8, 4) is 17.6 Å². The quantitative estimate of drug-likeness (QED) is 0.845. The van der Waals surface area contributed by atoms with Gasteiger partial charge in [0.2, 0.25) is 0 Å². The lowest BCUT2D eigenvalue weighted by Crippen LogP contribution is -2.24. The summed E-state index contributed by atoms with van der Waals surface area (Å²) in [5.74, 6) is 5.76. The average Bonchev–Trinajstić information content (AvgIpc) is 2.36. The van der Waals surface area contributed by atoms with E-state index in [0.29, 0.717) is 17.9 Å². The topological polar surface area (TPSA) is 29.5 Å². The Morgan fingerprint density at radius 2 is 2.16 bits per heavy atom. The maximum absolute atomic E-state index is 13.5. The number of hydrogen-bond donors (Lipinski definition) is 1. The molecule has 0 aliphatic rings. The summed E-state index contributed by atoms with van der Waals surface area (Å²) in [6, 6.07) is 4.52. The highest BCUT2D eigenvalue weighted by Crippen LogP contribution is 2.19. The zero-order valence-corrected chi connectivity index (χ0v) is 12.0. The summed E-state index contributed by atoms with van der Waals surface area (Å²) in [6.45, 7) is 5.84. The van der Waals surface area contributed by atoms with Gasteiger partial charge in [0.05, 0.1) is 7.11 Å². The zero-order valence-electron chi connectivity index (χ0n) is 12.0. The van der Waals surface area contributed by atoms with Crippen LogP contribution in [0.4, 0.5) is 4.39 Å². The molecule has 0 aliphatic carbocycles. The van der Waals surface area contributed by atoms with Crippen molar-refractivity contribution in [1.29, 1.82) is 0 Å². The predicted molar refractivity (Wildman–Crippen MR) is 74.5 cm³/mol. The van der Waals surface area contributed by atoms with Crippen molar-refractivity contribution in [2.24, 2.45) is 5.92 Å². The summed E-state index contributed by atoms with van der Waals surface area (Å²) < 4.78 is 18.3. The van der Waals surface area contributed by atoms with Gasteiger partial charge in [0, 0.05) is 5.56 Å². The molecule has 0 saturated carbocycles. The van der Waals surface area contributed by atoms with Crippen molar-refractivity contribution in [1.82, 2.24) is 0 Å². The number of aliphatic hydroxyl groups is 1. The van der Waals surface area contributed by atoms with Crippen LogP contribution in [0.3, 0.4) is 0 Å². The molecule has 0 aromatic heterocycles. The van der Waals surface area contributed by atoms with Crippen LogP contribution < -0.4 is 4.74 Å². The zero-order chi connectivity index (χ0) is 14.5. The lowest BCUT2D eigenvalue weighted by Gasteiger charge is -2.20. The Hall–Kier alpha value is -1.53. The SMILES string of the molecule is CCC(C)CC(C)(O)C#Cc1ccc(OC)c(F)c1. The Morgan fingerprint density at radius 1 is 1.47 bits per heavy atom. The van der Waals surface area contributed by atoms with E-state index in [9.17, 15) is 9.50 Å². The number of ether oxygens (including phenoxy) is 1. The van der Waals surface area contributed by atoms with Gasteiger partial charge in [-0.1, -0.05) is 32.1 Å². The van der Waals surface area contributed by atoms with Crippen LogP contribution in [0.2, 0.25) is 0 Å². The van der Waals surface area contributed by atoms with E-state index < -0.39 is 11.4 Å². The third kappa shape index (κ3) is 4.92. The standard InChI is InChI=1S/C16H21FO2/c1-5-12(2)11-16(3,18)9-8-13-6-7-15(19-4)14(17)10-13/h6-7,10,12,18H,5,11H2,1-4H3. The molecule has 0 spiro atoms. The molecule has 1 aromatic rings. The third-order valence-corrected chi connectivity index (χ3v) is 3.07. The van der Waals surface area contributed by atoms with E-state index in [4.69, 9.17) is 4.74 Å². The Bertz CT molecular complexity index is 483. The van der Waals surface area contributed by atoms with Gasteiger partial charge >= 0.3 is 0 Å². The first-order valence-corrected chi connectivity index (χ1v) is 6.47. The van der Waals surface area contributed by atoms with Crippen molar-refractivity contribution in [2.45, 2.75) is 39.2 Å². The summed E-state index contributed by atoms with van der Waals surface area (Å²) in [5, 5.41) is 10.2. The number of benzene rings is 1. The molecule has 1 rings (SSSR count). The summed E-state index contributed by atoms with van der Waals surface area (Å²) in [4.78, 5) is 0. The molecule has 1 aromatic carbocycles. The molecular formula is C16H21FO2. The normalized spacial score (nSPS) is 15.1. The fourth-order valence-electron chi connectivity index (χ4n) is 1.82. The van der Waals surface area contributed by atoms with Crippen molar-refractivity contribution < 1.29 is 14.2 Å². The summed E-state index contributed by atoms with van der Waals surface area (Å²) in [7, 11) is 1.42. The predicted octanol–water partition coefficient (Wildman–Crippen LogP) is 3.37. The van der Waals surface area contributed by atoms with Gasteiger partial charge in [-0.2, -0.15) is 0 Å². The van der Waals surface area contributed by atoms with E-state index in [0.717, 1.165) is 6.42 Å². The van der Waals surface area contributed by atoms with Crippen LogP contribution in [0.5, 0.6) is 5.75 Å². The van der Waals surface area contributed by atoms with Crippen molar-refractivity contribution in [3.05, 3.63) is 29.6 Å². The third-order valence-electron chi connectivity index (χ3n) is 3.07. The Kier molecular flexibility index (Phi) is 5.38. The number of halogens is 1. The molecule has 0 fully saturated rings. The fraction of sp³-hybridized carbons (Fsp3) is 0.500. The maximum atomic E-state index is 13.5. The molecule has 1 N–H and O–H groups in total. The lowest BCUT2D eigenvalue weighted by molar-refractivity contribution is 0.0939. The number of rotatable bonds is 4. The van der Waals surface area contributed by atoms with E-state index in [2.05, 4.69) is 25.7 Å². The molecule has 19 heavy (non-hydrogen) atoms. The molecular weight excluding hydrogens is 243 g/mol. The summed E-state index contributed by atoms with van der Waals surface area (Å²) in [5.41, 5.74) is -0.519. The van der Waals surface area contributed by atoms with Gasteiger partial charge in [0.1, 0.15) is 5.60 Å². The van der Waals surface area contributed by atoms with Gasteiger partial charge in [-0.15, -0.1) is 0 Å². The average molecular weight is 264 g/mol. The molecule has 0 bridgehead atoms. The number of methoxy groups -OCH3 is 1. The number of hydrogen-bond acceptors (Lipinski definition) is 2. The Labute approximate surface area is 114 Å². The molecule has 2 atom stereocenters. The summed E-state index contributed by atoms with van der Waals surface area (Å²) >= 11 is 0. The first-order valence-electron chi connectivity index (χ1n) is 6.47. The maximum Gasteiger partial charge on any atom is 0.166 e. The van der Waals surface area contributed by atoms with Crippen LogP contribution in [0, 0.1) is 23.6 Å². The van der Waals surface area contributed by atoms with Gasteiger partial charge in [-0.3, -0.25) is 0 Å². The highest BCUT2D eigenvalue weighted by atomic mass is 19.1. The van der Waals surface area contributed by atoms with Crippen molar-refractivity contribution in [3.63, 3.8) is 0 Å². The van der Waals surface area contributed by atoms with Gasteiger partial charge in [0.25, 0.3) is 0 Å². The minimum absolute atomic E-state index is 0.192. The van der Waals surface area contributed by atoms with Crippen molar-refractivity contribution >= 4 is 0 Å². The van der Waals surface area contributed by atoms with E-state index in [1.807, 2.05) is 0 Å². The van der Waals surface area contributed by atoms with E-state index >= 15 is 0 Å². The molecule has 3 heteroatoms. The lowest BCUT2D eigenvalue weighted by atomic mass is 9.92. The molecule has 0 aliphatic heterocycles. The Balaban J connectivity index is 2.85. The van der Waals surface area contributed by atoms with Crippen LogP contribution >= 0.6 is 0 Å². The molecule has 2 unspecified atom stereocenters. The smallest absolute Gasteiger partial charge is 0.166 e. The van der Waals surface area contributed by atoms with E-state index in [1.165, 1.54) is 19.2 Å². The molecule has 0 heterocycles. The van der Waals surface area contributed by atoms with Gasteiger partial charge in [0.15, 0.2) is 11.6 Å². The Morgan fingerprint density at radius 3 is 2.68 bits per heavy atom. The molecule has 104 valence electrons. The van der Waals surface area contributed by atoms with Crippen LogP contribution in [0.1, 0.15) is 39.2 Å². The molecule has 0 amide bonds. The van der Waals surface area contributed by atoms with Crippen LogP contribution in [0.25, 0.3) is 0 Å². The second kappa shape index (κ2) is 6.58. The monoisotopic (exact) mass is 264 g/mol. The van der Waals surface area contributed by atoms with Crippen LogP contribution in [-0.4, -0.2) is 17.8 Å². The highest BCUT2D eigenvalue weighted by molar-refractivity contribution is 5.40. The summed E-state index contributed by atoms with van der Waals surface area (Å²) in [6.07, 6.45) is 1.60. The minimum atomic E-state index is -1.05. The van der Waals surface area contributed by atoms with Crippen LogP contribution in [0.15, 0.2) is 18.2 Å². The minimum Gasteiger partial charge on any atom is -0.494 e. The molecule has 0 saturated heterocycles. The first kappa shape index (κ1) is 15.5. The molecule has 2 nitrogen and oxygen atoms in total.